The van der Waals surface area contributed by atoms with Crippen molar-refractivity contribution >= 4 is 0 Å². The van der Waals surface area contributed by atoms with E-state index >= 15 is 0 Å². The van der Waals surface area contributed by atoms with E-state index in [1.165, 1.54) is 6.07 Å². The molecule has 0 aliphatic carbocycles. The van der Waals surface area contributed by atoms with Gasteiger partial charge >= 0.3 is 0 Å². The lowest BCUT2D eigenvalue weighted by Crippen LogP contribution is -2.09. The van der Waals surface area contributed by atoms with E-state index in [-0.39, 0.29) is 11.7 Å². The Balaban J connectivity index is 2.06. The summed E-state index contributed by atoms with van der Waals surface area (Å²) in [6, 6.07) is 17.3. The van der Waals surface area contributed by atoms with Crippen molar-refractivity contribution in [3.05, 3.63) is 82.9 Å². The topological polar surface area (TPSA) is 43.8 Å². The molecule has 2 aromatic carbocycles. The lowest BCUT2D eigenvalue weighted by molar-refractivity contribution is 0.619. The van der Waals surface area contributed by atoms with E-state index < -0.39 is 0 Å². The second-order valence-electron chi connectivity index (χ2n) is 6.96. The lowest BCUT2D eigenvalue weighted by atomic mass is 9.92. The summed E-state index contributed by atoms with van der Waals surface area (Å²) in [4.78, 5) is 0. The Hall–Kier alpha value is -2.46. The highest BCUT2D eigenvalue weighted by Gasteiger charge is 2.20. The first-order valence-electron chi connectivity index (χ1n) is 9.80. The fourth-order valence-corrected chi connectivity index (χ4v) is 3.49. The molecule has 3 nitrogen and oxygen atoms in total. The van der Waals surface area contributed by atoms with E-state index in [0.717, 1.165) is 53.9 Å². The molecule has 0 bridgehead atoms. The molecule has 1 heterocycles. The Morgan fingerprint density at radius 2 is 1.85 bits per heavy atom. The van der Waals surface area contributed by atoms with Gasteiger partial charge in [0.1, 0.15) is 5.82 Å². The number of nitrogens with two attached hydrogens (primary N) is 1. The van der Waals surface area contributed by atoms with Gasteiger partial charge in [-0.15, -0.1) is 0 Å². The number of hydrogen-bond acceptors (Lipinski definition) is 2. The summed E-state index contributed by atoms with van der Waals surface area (Å²) in [5, 5.41) is 4.88. The molecule has 0 aliphatic rings. The van der Waals surface area contributed by atoms with Gasteiger partial charge < -0.3 is 5.73 Å². The largest absolute Gasteiger partial charge is 0.326 e. The van der Waals surface area contributed by atoms with Crippen LogP contribution < -0.4 is 5.73 Å². The van der Waals surface area contributed by atoms with Crippen molar-refractivity contribution in [3.63, 3.8) is 0 Å². The van der Waals surface area contributed by atoms with Crippen LogP contribution in [0.3, 0.4) is 0 Å². The maximum absolute atomic E-state index is 13.8. The second kappa shape index (κ2) is 8.96. The summed E-state index contributed by atoms with van der Waals surface area (Å²) < 4.78 is 15.8. The highest BCUT2D eigenvalue weighted by molar-refractivity contribution is 5.40. The zero-order chi connectivity index (χ0) is 19.2. The van der Waals surface area contributed by atoms with Crippen molar-refractivity contribution in [1.29, 1.82) is 0 Å². The minimum atomic E-state index is -0.199. The first kappa shape index (κ1) is 19.3. The standard InChI is InChI=1S/C23H28FN3/c1-3-5-9-20-15-23(22(4-2)18-7-6-8-19(24)14-18)27(26-20)21-12-10-17(16-25)11-13-21/h6-8,10-15,22H,3-5,9,16,25H2,1-2H3. The molecular weight excluding hydrogens is 337 g/mol. The van der Waals surface area contributed by atoms with Crippen molar-refractivity contribution in [2.45, 2.75) is 52.0 Å². The van der Waals surface area contributed by atoms with Gasteiger partial charge in [0, 0.05) is 12.5 Å². The second-order valence-corrected chi connectivity index (χ2v) is 6.96. The number of hydrogen-bond donors (Lipinski definition) is 1. The molecule has 0 spiro atoms. The summed E-state index contributed by atoms with van der Waals surface area (Å²) in [7, 11) is 0. The van der Waals surface area contributed by atoms with E-state index in [1.54, 1.807) is 12.1 Å². The molecule has 2 N–H and O–H groups in total. The molecule has 0 saturated heterocycles. The SMILES string of the molecule is CCCCc1cc(C(CC)c2cccc(F)c2)n(-c2ccc(CN)cc2)n1. The molecule has 0 saturated carbocycles. The molecule has 142 valence electrons. The van der Waals surface area contributed by atoms with Gasteiger partial charge in [-0.2, -0.15) is 5.10 Å². The van der Waals surface area contributed by atoms with E-state index in [0.29, 0.717) is 6.54 Å². The molecule has 3 rings (SSSR count). The number of rotatable bonds is 8. The molecule has 3 aromatic rings. The minimum absolute atomic E-state index is 0.0951. The van der Waals surface area contributed by atoms with Crippen molar-refractivity contribution in [1.82, 2.24) is 9.78 Å². The van der Waals surface area contributed by atoms with Crippen LogP contribution >= 0.6 is 0 Å². The number of aryl methyl sites for hydroxylation is 1. The molecule has 1 unspecified atom stereocenters. The van der Waals surface area contributed by atoms with Crippen molar-refractivity contribution in [2.24, 2.45) is 5.73 Å². The number of aromatic nitrogens is 2. The summed E-state index contributed by atoms with van der Waals surface area (Å²) >= 11 is 0. The predicted octanol–water partition coefficient (Wildman–Crippen LogP) is 5.35. The van der Waals surface area contributed by atoms with Gasteiger partial charge in [-0.3, -0.25) is 0 Å². The first-order chi connectivity index (χ1) is 13.2. The Morgan fingerprint density at radius 3 is 2.48 bits per heavy atom. The van der Waals surface area contributed by atoms with Crippen LogP contribution in [0.4, 0.5) is 4.39 Å². The third kappa shape index (κ3) is 4.45. The van der Waals surface area contributed by atoms with Crippen LogP contribution in [0.1, 0.15) is 61.5 Å². The molecule has 0 amide bonds. The van der Waals surface area contributed by atoms with Gasteiger partial charge in [0.25, 0.3) is 0 Å². The van der Waals surface area contributed by atoms with Crippen LogP contribution in [0.5, 0.6) is 0 Å². The minimum Gasteiger partial charge on any atom is -0.326 e. The molecule has 1 atom stereocenters. The Labute approximate surface area is 161 Å². The number of unbranched alkanes of at least 4 members (excludes halogenated alkanes) is 1. The molecule has 27 heavy (non-hydrogen) atoms. The molecule has 0 radical (unpaired) electrons. The summed E-state index contributed by atoms with van der Waals surface area (Å²) in [5.41, 5.74) is 11.0. The van der Waals surface area contributed by atoms with Gasteiger partial charge in [0.05, 0.1) is 17.1 Å². The van der Waals surface area contributed by atoms with E-state index in [1.807, 2.05) is 22.9 Å². The van der Waals surface area contributed by atoms with Crippen LogP contribution in [0.15, 0.2) is 54.6 Å². The maximum atomic E-state index is 13.8. The molecule has 4 heteroatoms. The highest BCUT2D eigenvalue weighted by Crippen LogP contribution is 2.31. The zero-order valence-electron chi connectivity index (χ0n) is 16.2. The maximum Gasteiger partial charge on any atom is 0.123 e. The number of halogens is 1. The monoisotopic (exact) mass is 365 g/mol. The van der Waals surface area contributed by atoms with Gasteiger partial charge in [0.2, 0.25) is 0 Å². The first-order valence-corrected chi connectivity index (χ1v) is 9.80. The number of nitrogens with zero attached hydrogens (tertiary/aromatic N) is 2. The average Bonchev–Trinajstić information content (AvgIpc) is 3.11. The molecule has 0 fully saturated rings. The highest BCUT2D eigenvalue weighted by atomic mass is 19.1. The Kier molecular flexibility index (Phi) is 6.40. The van der Waals surface area contributed by atoms with Crippen LogP contribution in [0.2, 0.25) is 0 Å². The van der Waals surface area contributed by atoms with Crippen molar-refractivity contribution in [3.8, 4) is 5.69 Å². The summed E-state index contributed by atoms with van der Waals surface area (Å²) in [5.74, 6) is -0.103. The summed E-state index contributed by atoms with van der Waals surface area (Å²) in [6.45, 7) is 4.84. The van der Waals surface area contributed by atoms with E-state index in [2.05, 4.69) is 32.0 Å². The van der Waals surface area contributed by atoms with Gasteiger partial charge in [-0.1, -0.05) is 44.5 Å². The Morgan fingerprint density at radius 1 is 1.07 bits per heavy atom. The van der Waals surface area contributed by atoms with E-state index in [4.69, 9.17) is 10.8 Å². The van der Waals surface area contributed by atoms with Crippen LogP contribution in [-0.2, 0) is 13.0 Å². The van der Waals surface area contributed by atoms with Crippen molar-refractivity contribution < 1.29 is 4.39 Å². The average molecular weight is 365 g/mol. The lowest BCUT2D eigenvalue weighted by Gasteiger charge is -2.18. The predicted molar refractivity (Wildman–Crippen MR) is 109 cm³/mol. The van der Waals surface area contributed by atoms with Crippen LogP contribution in [0, 0.1) is 5.82 Å². The third-order valence-electron chi connectivity index (χ3n) is 5.01. The quantitative estimate of drug-likeness (QED) is 0.584. The van der Waals surface area contributed by atoms with Gasteiger partial charge in [-0.05, 0) is 60.7 Å². The molecule has 0 aliphatic heterocycles. The van der Waals surface area contributed by atoms with E-state index in [9.17, 15) is 4.39 Å². The van der Waals surface area contributed by atoms with Gasteiger partial charge in [0.15, 0.2) is 0 Å². The molecule has 1 aromatic heterocycles. The van der Waals surface area contributed by atoms with Gasteiger partial charge in [-0.25, -0.2) is 9.07 Å². The molecular formula is C23H28FN3. The fourth-order valence-electron chi connectivity index (χ4n) is 3.49. The van der Waals surface area contributed by atoms with Crippen LogP contribution in [-0.4, -0.2) is 9.78 Å². The normalized spacial score (nSPS) is 12.3. The smallest absolute Gasteiger partial charge is 0.123 e. The Bertz CT molecular complexity index is 868. The number of benzene rings is 2. The fraction of sp³-hybridized carbons (Fsp3) is 0.348. The summed E-state index contributed by atoms with van der Waals surface area (Å²) in [6.07, 6.45) is 4.08. The zero-order valence-corrected chi connectivity index (χ0v) is 16.2. The third-order valence-corrected chi connectivity index (χ3v) is 5.01. The van der Waals surface area contributed by atoms with Crippen LogP contribution in [0.25, 0.3) is 5.69 Å². The van der Waals surface area contributed by atoms with Crippen molar-refractivity contribution in [2.75, 3.05) is 0 Å².